The zero-order valence-corrected chi connectivity index (χ0v) is 15.4. The molecule has 0 saturated carbocycles. The molecule has 0 bridgehead atoms. The molecular formula is C18H19F4N5O2. The minimum absolute atomic E-state index is 0.0120. The summed E-state index contributed by atoms with van der Waals surface area (Å²) in [5.74, 6) is -2.98. The van der Waals surface area contributed by atoms with E-state index < -0.39 is 36.5 Å². The summed E-state index contributed by atoms with van der Waals surface area (Å²) in [6.07, 6.45) is -0.331. The van der Waals surface area contributed by atoms with Crippen molar-refractivity contribution < 1.29 is 22.4 Å². The number of hydrogen-bond acceptors (Lipinski definition) is 4. The molecule has 1 fully saturated rings. The summed E-state index contributed by atoms with van der Waals surface area (Å²) in [5, 5.41) is 4.26. The number of halogens is 4. The molecule has 2 aromatic heterocycles. The molecule has 1 amide bonds. The number of carbonyl (C=O) groups excluding carboxylic acids is 1. The molecule has 1 atom stereocenters. The number of hydrogen-bond donors (Lipinski definition) is 0. The first-order valence-corrected chi connectivity index (χ1v) is 9.33. The minimum Gasteiger partial charge on any atom is -0.335 e. The Morgan fingerprint density at radius 1 is 1.31 bits per heavy atom. The summed E-state index contributed by atoms with van der Waals surface area (Å²) in [6, 6.07) is 1.77. The Labute approximate surface area is 162 Å². The van der Waals surface area contributed by atoms with Crippen molar-refractivity contribution in [2.75, 3.05) is 13.1 Å². The summed E-state index contributed by atoms with van der Waals surface area (Å²) in [5.41, 5.74) is -0.380. The molecule has 0 spiro atoms. The fourth-order valence-electron chi connectivity index (χ4n) is 3.83. The predicted molar refractivity (Wildman–Crippen MR) is 92.9 cm³/mol. The van der Waals surface area contributed by atoms with E-state index in [1.807, 2.05) is 0 Å². The van der Waals surface area contributed by atoms with Crippen molar-refractivity contribution in [2.45, 2.75) is 50.6 Å². The van der Waals surface area contributed by atoms with Crippen LogP contribution in [0.15, 0.2) is 23.1 Å². The Morgan fingerprint density at radius 2 is 2.10 bits per heavy atom. The Kier molecular flexibility index (Phi) is 4.91. The summed E-state index contributed by atoms with van der Waals surface area (Å²) in [7, 11) is 0. The van der Waals surface area contributed by atoms with Gasteiger partial charge in [0.25, 0.3) is 12.3 Å². The fraction of sp³-hybridized carbons (Fsp3) is 0.556. The number of nitrogens with zero attached hydrogens (tertiary/aromatic N) is 5. The van der Waals surface area contributed by atoms with Gasteiger partial charge in [0, 0.05) is 25.6 Å². The number of amides is 1. The zero-order chi connectivity index (χ0) is 20.8. The maximum Gasteiger partial charge on any atom is 0.346 e. The van der Waals surface area contributed by atoms with Crippen LogP contribution in [0.5, 0.6) is 0 Å². The van der Waals surface area contributed by atoms with Crippen LogP contribution in [0, 0.1) is 0 Å². The molecule has 2 aromatic rings. The molecule has 11 heteroatoms. The Morgan fingerprint density at radius 3 is 2.72 bits per heavy atom. The van der Waals surface area contributed by atoms with Crippen LogP contribution in [0.3, 0.4) is 0 Å². The van der Waals surface area contributed by atoms with Gasteiger partial charge in [0.1, 0.15) is 17.6 Å². The highest BCUT2D eigenvalue weighted by Gasteiger charge is 2.43. The average Bonchev–Trinajstić information content (AvgIpc) is 3.21. The molecular weight excluding hydrogens is 394 g/mol. The van der Waals surface area contributed by atoms with E-state index in [2.05, 4.69) is 10.1 Å². The SMILES string of the molecule is O=C([C@@H]1CCCc2nn(Cc3ccc(C(F)F)nc3)c(=O)n21)N1CCC(F)(F)C1. The lowest BCUT2D eigenvalue weighted by Crippen LogP contribution is -2.42. The first-order chi connectivity index (χ1) is 13.7. The fourth-order valence-corrected chi connectivity index (χ4v) is 3.83. The van der Waals surface area contributed by atoms with Crippen LogP contribution < -0.4 is 5.69 Å². The zero-order valence-electron chi connectivity index (χ0n) is 15.4. The molecule has 0 unspecified atom stereocenters. The van der Waals surface area contributed by atoms with Crippen LogP contribution in [0.2, 0.25) is 0 Å². The van der Waals surface area contributed by atoms with Crippen LogP contribution in [-0.2, 0) is 17.8 Å². The number of alkyl halides is 4. The molecule has 0 aliphatic carbocycles. The molecule has 0 N–H and O–H groups in total. The molecule has 1 saturated heterocycles. The van der Waals surface area contributed by atoms with Gasteiger partial charge in [0.05, 0.1) is 13.1 Å². The van der Waals surface area contributed by atoms with Crippen LogP contribution in [0.4, 0.5) is 17.6 Å². The van der Waals surface area contributed by atoms with Crippen molar-refractivity contribution in [3.05, 3.63) is 45.9 Å². The molecule has 29 heavy (non-hydrogen) atoms. The van der Waals surface area contributed by atoms with Gasteiger partial charge >= 0.3 is 5.69 Å². The molecule has 0 aromatic carbocycles. The summed E-state index contributed by atoms with van der Waals surface area (Å²) >= 11 is 0. The van der Waals surface area contributed by atoms with Gasteiger partial charge in [-0.15, -0.1) is 0 Å². The average molecular weight is 413 g/mol. The molecule has 2 aliphatic heterocycles. The van der Waals surface area contributed by atoms with Crippen molar-refractivity contribution in [3.63, 3.8) is 0 Å². The largest absolute Gasteiger partial charge is 0.346 e. The second kappa shape index (κ2) is 7.27. The number of aryl methyl sites for hydroxylation is 1. The topological polar surface area (TPSA) is 73.0 Å². The second-order valence-electron chi connectivity index (χ2n) is 7.39. The molecule has 2 aliphatic rings. The van der Waals surface area contributed by atoms with E-state index in [0.29, 0.717) is 30.7 Å². The van der Waals surface area contributed by atoms with Gasteiger partial charge in [-0.05, 0) is 24.5 Å². The lowest BCUT2D eigenvalue weighted by molar-refractivity contribution is -0.135. The third-order valence-electron chi connectivity index (χ3n) is 5.30. The lowest BCUT2D eigenvalue weighted by atomic mass is 10.0. The van der Waals surface area contributed by atoms with E-state index in [4.69, 9.17) is 0 Å². The standard InChI is InChI=1S/C18H19F4N5O2/c19-15(20)12-5-4-11(8-23-12)9-26-17(29)27-13(2-1-3-14(27)24-26)16(28)25-7-6-18(21,22)10-25/h4-5,8,13,15H,1-3,6-7,9-10H2/t13-/m0/s1. The highest BCUT2D eigenvalue weighted by atomic mass is 19.3. The third-order valence-corrected chi connectivity index (χ3v) is 5.30. The Bertz CT molecular complexity index is 970. The van der Waals surface area contributed by atoms with E-state index in [9.17, 15) is 27.2 Å². The van der Waals surface area contributed by atoms with Gasteiger partial charge in [-0.25, -0.2) is 27.0 Å². The normalized spacial score (nSPS) is 20.9. The first kappa shape index (κ1) is 19.6. The van der Waals surface area contributed by atoms with Crippen LogP contribution in [0.1, 0.15) is 48.8 Å². The van der Waals surface area contributed by atoms with Crippen molar-refractivity contribution in [3.8, 4) is 0 Å². The number of likely N-dealkylation sites (tertiary alicyclic amines) is 1. The van der Waals surface area contributed by atoms with Gasteiger partial charge in [-0.2, -0.15) is 5.10 Å². The smallest absolute Gasteiger partial charge is 0.335 e. The molecule has 156 valence electrons. The molecule has 7 nitrogen and oxygen atoms in total. The molecule has 4 rings (SSSR count). The van der Waals surface area contributed by atoms with Gasteiger partial charge in [-0.1, -0.05) is 6.07 Å². The summed E-state index contributed by atoms with van der Waals surface area (Å²) < 4.78 is 54.7. The monoisotopic (exact) mass is 413 g/mol. The number of aromatic nitrogens is 4. The summed E-state index contributed by atoms with van der Waals surface area (Å²) in [4.78, 5) is 30.4. The number of carbonyl (C=O) groups is 1. The maximum absolute atomic E-state index is 13.5. The predicted octanol–water partition coefficient (Wildman–Crippen LogP) is 2.17. The van der Waals surface area contributed by atoms with Crippen LogP contribution >= 0.6 is 0 Å². The van der Waals surface area contributed by atoms with Crippen molar-refractivity contribution in [1.82, 2.24) is 24.2 Å². The minimum atomic E-state index is -2.90. The van der Waals surface area contributed by atoms with Crippen LogP contribution in [0.25, 0.3) is 0 Å². The molecule has 4 heterocycles. The van der Waals surface area contributed by atoms with E-state index in [-0.39, 0.29) is 25.2 Å². The maximum atomic E-state index is 13.5. The Hall–Kier alpha value is -2.72. The van der Waals surface area contributed by atoms with Gasteiger partial charge in [0.2, 0.25) is 5.91 Å². The number of pyridine rings is 1. The van der Waals surface area contributed by atoms with Crippen molar-refractivity contribution in [1.29, 1.82) is 0 Å². The highest BCUT2D eigenvalue weighted by Crippen LogP contribution is 2.31. The van der Waals surface area contributed by atoms with Crippen molar-refractivity contribution >= 4 is 5.91 Å². The Balaban J connectivity index is 1.58. The van der Waals surface area contributed by atoms with Crippen molar-refractivity contribution in [2.24, 2.45) is 0 Å². The number of fused-ring (bicyclic) bond motifs is 1. The summed E-state index contributed by atoms with van der Waals surface area (Å²) in [6.45, 7) is -0.663. The second-order valence-corrected chi connectivity index (χ2v) is 7.39. The molecule has 0 radical (unpaired) electrons. The van der Waals surface area contributed by atoms with E-state index in [0.717, 1.165) is 9.58 Å². The van der Waals surface area contributed by atoms with Gasteiger partial charge in [0.15, 0.2) is 0 Å². The number of rotatable bonds is 4. The van der Waals surface area contributed by atoms with Gasteiger partial charge in [-0.3, -0.25) is 14.3 Å². The quantitative estimate of drug-likeness (QED) is 0.721. The highest BCUT2D eigenvalue weighted by molar-refractivity contribution is 5.81. The lowest BCUT2D eigenvalue weighted by Gasteiger charge is -2.27. The van der Waals surface area contributed by atoms with E-state index in [1.165, 1.54) is 22.9 Å². The van der Waals surface area contributed by atoms with E-state index >= 15 is 0 Å². The van der Waals surface area contributed by atoms with Crippen LogP contribution in [-0.4, -0.2) is 49.2 Å². The third kappa shape index (κ3) is 3.77. The first-order valence-electron chi connectivity index (χ1n) is 9.33. The van der Waals surface area contributed by atoms with Gasteiger partial charge < -0.3 is 4.90 Å². The van der Waals surface area contributed by atoms with E-state index in [1.54, 1.807) is 0 Å².